The van der Waals surface area contributed by atoms with Gasteiger partial charge in [-0.15, -0.1) is 0 Å². The lowest BCUT2D eigenvalue weighted by atomic mass is 10.4. The Balaban J connectivity index is 1.48. The van der Waals surface area contributed by atoms with Crippen LogP contribution in [-0.2, 0) is 6.54 Å². The van der Waals surface area contributed by atoms with Gasteiger partial charge in [-0.05, 0) is 24.0 Å². The third-order valence-electron chi connectivity index (χ3n) is 3.55. The van der Waals surface area contributed by atoms with Crippen molar-refractivity contribution in [2.45, 2.75) is 13.5 Å². The first-order valence-electron chi connectivity index (χ1n) is 8.05. The molecule has 0 saturated heterocycles. The van der Waals surface area contributed by atoms with Crippen LogP contribution >= 0.6 is 0 Å². The van der Waals surface area contributed by atoms with Crippen LogP contribution in [0.15, 0.2) is 33.4 Å². The molecule has 0 atom stereocenters. The molecule has 3 aromatic heterocycles. The molecule has 0 aliphatic rings. The number of hydrogen-bond acceptors (Lipinski definition) is 9. The maximum absolute atomic E-state index is 12.0. The van der Waals surface area contributed by atoms with E-state index in [1.807, 2.05) is 0 Å². The molecule has 0 aliphatic carbocycles. The van der Waals surface area contributed by atoms with Crippen molar-refractivity contribution in [1.82, 2.24) is 30.6 Å². The van der Waals surface area contributed by atoms with Crippen LogP contribution < -0.4 is 10.6 Å². The number of nitrogens with one attached hydrogen (secondary N) is 2. The zero-order valence-electron chi connectivity index (χ0n) is 14.6. The van der Waals surface area contributed by atoms with Crippen LogP contribution in [0.25, 0.3) is 0 Å². The Morgan fingerprint density at radius 3 is 2.68 bits per heavy atom. The molecule has 13 heteroatoms. The normalized spacial score (nSPS) is 10.6. The molecule has 0 saturated carbocycles. The summed E-state index contributed by atoms with van der Waals surface area (Å²) >= 11 is 0. The van der Waals surface area contributed by atoms with Crippen molar-refractivity contribution in [2.24, 2.45) is 0 Å². The summed E-state index contributed by atoms with van der Waals surface area (Å²) in [6.07, 6.45) is 1.38. The van der Waals surface area contributed by atoms with Crippen molar-refractivity contribution in [3.63, 3.8) is 0 Å². The average molecular weight is 389 g/mol. The van der Waals surface area contributed by atoms with Crippen molar-refractivity contribution in [2.75, 3.05) is 13.1 Å². The molecule has 28 heavy (non-hydrogen) atoms. The molecule has 3 rings (SSSR count). The van der Waals surface area contributed by atoms with Crippen molar-refractivity contribution in [3.05, 3.63) is 57.7 Å². The minimum atomic E-state index is -0.617. The quantitative estimate of drug-likeness (QED) is 0.312. The van der Waals surface area contributed by atoms with Crippen LogP contribution in [-0.4, -0.2) is 49.7 Å². The number of rotatable bonds is 8. The first kappa shape index (κ1) is 18.8. The van der Waals surface area contributed by atoms with E-state index >= 15 is 0 Å². The molecule has 0 aliphatic heterocycles. The lowest BCUT2D eigenvalue weighted by molar-refractivity contribution is -0.389. The van der Waals surface area contributed by atoms with Gasteiger partial charge >= 0.3 is 17.6 Å². The summed E-state index contributed by atoms with van der Waals surface area (Å²) in [6.45, 7) is 1.95. The van der Waals surface area contributed by atoms with E-state index in [0.29, 0.717) is 5.69 Å². The third kappa shape index (κ3) is 4.38. The number of nitrogens with zero attached hydrogens (tertiary/aromatic N) is 5. The Kier molecular flexibility index (Phi) is 5.43. The average Bonchev–Trinajstić information content (AvgIpc) is 3.40. The van der Waals surface area contributed by atoms with Crippen LogP contribution in [0, 0.1) is 17.0 Å². The van der Waals surface area contributed by atoms with Crippen molar-refractivity contribution in [1.29, 1.82) is 0 Å². The lowest BCUT2D eigenvalue weighted by Crippen LogP contribution is -2.34. The van der Waals surface area contributed by atoms with E-state index in [9.17, 15) is 19.7 Å². The van der Waals surface area contributed by atoms with Gasteiger partial charge in [-0.3, -0.25) is 9.59 Å². The van der Waals surface area contributed by atoms with Gasteiger partial charge in [-0.2, -0.15) is 9.67 Å². The second kappa shape index (κ2) is 8.11. The van der Waals surface area contributed by atoms with Gasteiger partial charge in [0.05, 0.1) is 23.1 Å². The summed E-state index contributed by atoms with van der Waals surface area (Å²) in [5, 5.41) is 23.3. The van der Waals surface area contributed by atoms with E-state index in [2.05, 4.69) is 25.9 Å². The van der Waals surface area contributed by atoms with Crippen molar-refractivity contribution in [3.8, 4) is 0 Å². The number of aryl methyl sites for hydroxylation is 1. The second-order valence-electron chi connectivity index (χ2n) is 5.56. The monoisotopic (exact) mass is 389 g/mol. The van der Waals surface area contributed by atoms with E-state index in [0.717, 1.165) is 0 Å². The minimum absolute atomic E-state index is 0.00958. The number of carbonyl (C=O) groups is 2. The highest BCUT2D eigenvalue weighted by molar-refractivity contribution is 5.91. The van der Waals surface area contributed by atoms with Gasteiger partial charge < -0.3 is 29.7 Å². The molecule has 2 amide bonds. The molecule has 2 N–H and O–H groups in total. The SMILES string of the molecule is Cc1cc([N+](=O)[O-])nn1Cc1noc(C(=O)NCCNC(=O)c2ccco2)n1. The molecule has 13 nitrogen and oxygen atoms in total. The first-order valence-corrected chi connectivity index (χ1v) is 8.05. The van der Waals surface area contributed by atoms with Crippen LogP contribution in [0.3, 0.4) is 0 Å². The van der Waals surface area contributed by atoms with Gasteiger partial charge in [0.25, 0.3) is 5.91 Å². The third-order valence-corrected chi connectivity index (χ3v) is 3.55. The van der Waals surface area contributed by atoms with Gasteiger partial charge in [0.2, 0.25) is 0 Å². The maximum Gasteiger partial charge on any atom is 0.390 e. The zero-order valence-corrected chi connectivity index (χ0v) is 14.6. The molecule has 0 bridgehead atoms. The Bertz CT molecular complexity index is 991. The minimum Gasteiger partial charge on any atom is -0.459 e. The standard InChI is InChI=1S/C15H15N7O6/c1-9-7-12(22(25)26)19-21(9)8-11-18-15(28-20-11)14(24)17-5-4-16-13(23)10-3-2-6-27-10/h2-3,6-7H,4-5,8H2,1H3,(H,16,23)(H,17,24). The molecular weight excluding hydrogens is 374 g/mol. The summed E-state index contributed by atoms with van der Waals surface area (Å²) in [5.41, 5.74) is 0.537. The second-order valence-corrected chi connectivity index (χ2v) is 5.56. The fourth-order valence-corrected chi connectivity index (χ4v) is 2.21. The van der Waals surface area contributed by atoms with Crippen LogP contribution in [0.1, 0.15) is 32.8 Å². The largest absolute Gasteiger partial charge is 0.459 e. The van der Waals surface area contributed by atoms with E-state index in [1.165, 1.54) is 23.1 Å². The number of nitro groups is 1. The predicted octanol–water partition coefficient (Wildman–Crippen LogP) is 0.284. The fraction of sp³-hybridized carbons (Fsp3) is 0.267. The molecule has 0 radical (unpaired) electrons. The number of hydrogen-bond donors (Lipinski definition) is 2. The maximum atomic E-state index is 12.0. The Morgan fingerprint density at radius 2 is 2.04 bits per heavy atom. The summed E-state index contributed by atoms with van der Waals surface area (Å²) in [7, 11) is 0. The topological polar surface area (TPSA) is 171 Å². The van der Waals surface area contributed by atoms with Crippen LogP contribution in [0.4, 0.5) is 5.82 Å². The van der Waals surface area contributed by atoms with Gasteiger partial charge in [0.15, 0.2) is 11.6 Å². The molecule has 0 spiro atoms. The highest BCUT2D eigenvalue weighted by atomic mass is 16.6. The highest BCUT2D eigenvalue weighted by Crippen LogP contribution is 2.12. The molecule has 0 unspecified atom stereocenters. The van der Waals surface area contributed by atoms with E-state index < -0.39 is 16.7 Å². The summed E-state index contributed by atoms with van der Waals surface area (Å²) in [6, 6.07) is 4.42. The number of aromatic nitrogens is 4. The number of amides is 2. The number of furan rings is 1. The predicted molar refractivity (Wildman–Crippen MR) is 90.4 cm³/mol. The van der Waals surface area contributed by atoms with Gasteiger partial charge in [0.1, 0.15) is 6.54 Å². The molecule has 0 fully saturated rings. The summed E-state index contributed by atoms with van der Waals surface area (Å²) in [4.78, 5) is 37.7. The van der Waals surface area contributed by atoms with Crippen LogP contribution in [0.2, 0.25) is 0 Å². The highest BCUT2D eigenvalue weighted by Gasteiger charge is 2.19. The smallest absolute Gasteiger partial charge is 0.390 e. The van der Waals surface area contributed by atoms with Gasteiger partial charge in [0, 0.05) is 13.1 Å². The molecular formula is C15H15N7O6. The van der Waals surface area contributed by atoms with Gasteiger partial charge in [-0.1, -0.05) is 5.16 Å². The molecule has 0 aromatic carbocycles. The zero-order chi connectivity index (χ0) is 20.1. The Labute approximate surface area is 156 Å². The van der Waals surface area contributed by atoms with Crippen LogP contribution in [0.5, 0.6) is 0 Å². The van der Waals surface area contributed by atoms with E-state index in [-0.39, 0.29) is 42.9 Å². The molecule has 3 heterocycles. The van der Waals surface area contributed by atoms with E-state index in [1.54, 1.807) is 13.0 Å². The first-order chi connectivity index (χ1) is 13.4. The molecule has 146 valence electrons. The number of carbonyl (C=O) groups excluding carboxylic acids is 2. The lowest BCUT2D eigenvalue weighted by Gasteiger charge is -2.03. The summed E-state index contributed by atoms with van der Waals surface area (Å²) in [5.74, 6) is -1.28. The fourth-order valence-electron chi connectivity index (χ4n) is 2.21. The van der Waals surface area contributed by atoms with Crippen molar-refractivity contribution < 1.29 is 23.5 Å². The Hall–Kier alpha value is -4.03. The summed E-state index contributed by atoms with van der Waals surface area (Å²) < 4.78 is 11.1. The molecule has 3 aromatic rings. The van der Waals surface area contributed by atoms with E-state index in [4.69, 9.17) is 8.94 Å². The Morgan fingerprint density at radius 1 is 1.29 bits per heavy atom. The van der Waals surface area contributed by atoms with Crippen molar-refractivity contribution >= 4 is 17.6 Å². The van der Waals surface area contributed by atoms with Gasteiger partial charge in [-0.25, -0.2) is 0 Å².